The minimum Gasteiger partial charge on any atom is -0.480 e. The number of rotatable bonds is 8. The maximum absolute atomic E-state index is 13.0. The Bertz CT molecular complexity index is 511. The standard InChI is InChI=1S/C15H17F2NO3/c1-2-3-4-5-13(15(20)21)18-14(19)8-10-6-11(16)9-12(17)7-10/h2,6-7,9,13H,1,3-5,8H2,(H,18,19)(H,20,21)/t13-/m0/s1. The minimum absolute atomic E-state index is 0.153. The Morgan fingerprint density at radius 3 is 2.43 bits per heavy atom. The maximum atomic E-state index is 13.0. The monoisotopic (exact) mass is 297 g/mol. The molecule has 0 saturated carbocycles. The number of allylic oxidation sites excluding steroid dienone is 1. The molecule has 21 heavy (non-hydrogen) atoms. The van der Waals surface area contributed by atoms with Crippen molar-refractivity contribution in [3.05, 3.63) is 48.1 Å². The molecule has 114 valence electrons. The number of amides is 1. The zero-order chi connectivity index (χ0) is 15.8. The lowest BCUT2D eigenvalue weighted by atomic mass is 10.1. The minimum atomic E-state index is -1.14. The average Bonchev–Trinajstić information content (AvgIpc) is 2.36. The molecule has 0 spiro atoms. The first kappa shape index (κ1) is 16.8. The summed E-state index contributed by atoms with van der Waals surface area (Å²) >= 11 is 0. The number of nitrogens with one attached hydrogen (secondary N) is 1. The normalized spacial score (nSPS) is 11.7. The van der Waals surface area contributed by atoms with E-state index in [2.05, 4.69) is 11.9 Å². The molecule has 2 N–H and O–H groups in total. The van der Waals surface area contributed by atoms with Gasteiger partial charge in [0.1, 0.15) is 17.7 Å². The summed E-state index contributed by atoms with van der Waals surface area (Å²) in [4.78, 5) is 22.8. The first-order valence-electron chi connectivity index (χ1n) is 6.50. The first-order valence-corrected chi connectivity index (χ1v) is 6.50. The van der Waals surface area contributed by atoms with E-state index in [9.17, 15) is 18.4 Å². The van der Waals surface area contributed by atoms with Crippen LogP contribution >= 0.6 is 0 Å². The van der Waals surface area contributed by atoms with Crippen molar-refractivity contribution in [1.29, 1.82) is 0 Å². The molecule has 0 aromatic heterocycles. The highest BCUT2D eigenvalue weighted by molar-refractivity contribution is 5.84. The molecule has 0 fully saturated rings. The highest BCUT2D eigenvalue weighted by Gasteiger charge is 2.19. The number of halogens is 2. The molecular weight excluding hydrogens is 280 g/mol. The number of carbonyl (C=O) groups excluding carboxylic acids is 1. The average molecular weight is 297 g/mol. The zero-order valence-electron chi connectivity index (χ0n) is 11.4. The SMILES string of the molecule is C=CCCC[C@H](NC(=O)Cc1cc(F)cc(F)c1)C(=O)O. The number of hydrogen-bond acceptors (Lipinski definition) is 2. The van der Waals surface area contributed by atoms with Gasteiger partial charge in [0, 0.05) is 6.07 Å². The number of carbonyl (C=O) groups is 2. The largest absolute Gasteiger partial charge is 0.480 e. The fourth-order valence-corrected chi connectivity index (χ4v) is 1.87. The number of carboxylic acid groups (broad SMARTS) is 1. The van der Waals surface area contributed by atoms with Gasteiger partial charge in [0.15, 0.2) is 0 Å². The lowest BCUT2D eigenvalue weighted by Gasteiger charge is -2.14. The van der Waals surface area contributed by atoms with Gasteiger partial charge >= 0.3 is 5.97 Å². The van der Waals surface area contributed by atoms with Crippen molar-refractivity contribution in [1.82, 2.24) is 5.32 Å². The van der Waals surface area contributed by atoms with Crippen molar-refractivity contribution >= 4 is 11.9 Å². The highest BCUT2D eigenvalue weighted by Crippen LogP contribution is 2.09. The van der Waals surface area contributed by atoms with Gasteiger partial charge in [-0.3, -0.25) is 4.79 Å². The molecule has 1 amide bonds. The van der Waals surface area contributed by atoms with E-state index in [1.807, 2.05) is 0 Å². The second kappa shape index (κ2) is 8.14. The van der Waals surface area contributed by atoms with Gasteiger partial charge in [-0.1, -0.05) is 6.08 Å². The van der Waals surface area contributed by atoms with E-state index < -0.39 is 29.6 Å². The van der Waals surface area contributed by atoms with Crippen LogP contribution in [0.1, 0.15) is 24.8 Å². The van der Waals surface area contributed by atoms with Crippen LogP contribution in [0.25, 0.3) is 0 Å². The van der Waals surface area contributed by atoms with Crippen LogP contribution in [0.4, 0.5) is 8.78 Å². The lowest BCUT2D eigenvalue weighted by Crippen LogP contribution is -2.41. The summed E-state index contributed by atoms with van der Waals surface area (Å²) in [5.74, 6) is -3.29. The summed E-state index contributed by atoms with van der Waals surface area (Å²) < 4.78 is 26.0. The number of unbranched alkanes of at least 4 members (excludes halogenated alkanes) is 1. The number of hydrogen-bond donors (Lipinski definition) is 2. The van der Waals surface area contributed by atoms with E-state index in [4.69, 9.17) is 5.11 Å². The Balaban J connectivity index is 2.60. The molecule has 0 radical (unpaired) electrons. The number of benzene rings is 1. The van der Waals surface area contributed by atoms with Crippen LogP contribution in [0.3, 0.4) is 0 Å². The van der Waals surface area contributed by atoms with Crippen molar-refractivity contribution in [3.63, 3.8) is 0 Å². The van der Waals surface area contributed by atoms with Crippen molar-refractivity contribution in [2.75, 3.05) is 0 Å². The molecule has 0 aliphatic carbocycles. The second-order valence-electron chi connectivity index (χ2n) is 4.63. The molecule has 1 aromatic rings. The van der Waals surface area contributed by atoms with Gasteiger partial charge in [-0.15, -0.1) is 6.58 Å². The van der Waals surface area contributed by atoms with Crippen LogP contribution in [0.15, 0.2) is 30.9 Å². The smallest absolute Gasteiger partial charge is 0.326 e. The summed E-state index contributed by atoms with van der Waals surface area (Å²) in [7, 11) is 0. The van der Waals surface area contributed by atoms with Crippen LogP contribution in [-0.2, 0) is 16.0 Å². The molecule has 0 unspecified atom stereocenters. The first-order chi connectivity index (χ1) is 9.92. The van der Waals surface area contributed by atoms with Crippen LogP contribution in [0, 0.1) is 11.6 Å². The van der Waals surface area contributed by atoms with Gasteiger partial charge < -0.3 is 10.4 Å². The van der Waals surface area contributed by atoms with Gasteiger partial charge in [-0.2, -0.15) is 0 Å². The Morgan fingerprint density at radius 2 is 1.90 bits per heavy atom. The van der Waals surface area contributed by atoms with Crippen molar-refractivity contribution in [2.24, 2.45) is 0 Å². The fraction of sp³-hybridized carbons (Fsp3) is 0.333. The molecule has 1 aromatic carbocycles. The number of aliphatic carboxylic acids is 1. The molecule has 4 nitrogen and oxygen atoms in total. The van der Waals surface area contributed by atoms with E-state index in [0.717, 1.165) is 12.1 Å². The van der Waals surface area contributed by atoms with Gasteiger partial charge in [0.05, 0.1) is 6.42 Å². The summed E-state index contributed by atoms with van der Waals surface area (Å²) in [5.41, 5.74) is 0.153. The van der Waals surface area contributed by atoms with E-state index >= 15 is 0 Å². The Kier molecular flexibility index (Phi) is 6.52. The quantitative estimate of drug-likeness (QED) is 0.572. The molecule has 0 bridgehead atoms. The molecule has 0 heterocycles. The van der Waals surface area contributed by atoms with Gasteiger partial charge in [-0.05, 0) is 37.0 Å². The van der Waals surface area contributed by atoms with E-state index in [-0.39, 0.29) is 18.4 Å². The third-order valence-electron chi connectivity index (χ3n) is 2.82. The van der Waals surface area contributed by atoms with Crippen molar-refractivity contribution in [3.8, 4) is 0 Å². The van der Waals surface area contributed by atoms with Gasteiger partial charge in [0.2, 0.25) is 5.91 Å². The van der Waals surface area contributed by atoms with Gasteiger partial charge in [-0.25, -0.2) is 13.6 Å². The Morgan fingerprint density at radius 1 is 1.29 bits per heavy atom. The predicted molar refractivity (Wildman–Crippen MR) is 73.7 cm³/mol. The summed E-state index contributed by atoms with van der Waals surface area (Å²) in [6.07, 6.45) is 2.88. The summed E-state index contributed by atoms with van der Waals surface area (Å²) in [5, 5.41) is 11.4. The van der Waals surface area contributed by atoms with Crippen LogP contribution in [0.5, 0.6) is 0 Å². The molecule has 1 atom stereocenters. The van der Waals surface area contributed by atoms with Crippen LogP contribution in [-0.4, -0.2) is 23.0 Å². The van der Waals surface area contributed by atoms with E-state index in [1.165, 1.54) is 0 Å². The molecular formula is C15H17F2NO3. The van der Waals surface area contributed by atoms with Gasteiger partial charge in [0.25, 0.3) is 0 Å². The molecule has 1 rings (SSSR count). The third-order valence-corrected chi connectivity index (χ3v) is 2.82. The second-order valence-corrected chi connectivity index (χ2v) is 4.63. The topological polar surface area (TPSA) is 66.4 Å². The molecule has 0 aliphatic heterocycles. The number of carboxylic acids is 1. The summed E-state index contributed by atoms with van der Waals surface area (Å²) in [6.45, 7) is 3.53. The van der Waals surface area contributed by atoms with Crippen molar-refractivity contribution < 1.29 is 23.5 Å². The third kappa shape index (κ3) is 6.16. The Labute approximate surface area is 121 Å². The van der Waals surface area contributed by atoms with E-state index in [0.29, 0.717) is 18.9 Å². The van der Waals surface area contributed by atoms with Crippen LogP contribution < -0.4 is 5.32 Å². The van der Waals surface area contributed by atoms with Crippen LogP contribution in [0.2, 0.25) is 0 Å². The Hall–Kier alpha value is -2.24. The van der Waals surface area contributed by atoms with Crippen molar-refractivity contribution in [2.45, 2.75) is 31.7 Å². The lowest BCUT2D eigenvalue weighted by molar-refractivity contribution is -0.141. The summed E-state index contributed by atoms with van der Waals surface area (Å²) in [6, 6.07) is 1.76. The zero-order valence-corrected chi connectivity index (χ0v) is 11.4. The van der Waals surface area contributed by atoms with E-state index in [1.54, 1.807) is 6.08 Å². The fourth-order valence-electron chi connectivity index (χ4n) is 1.87. The molecule has 6 heteroatoms. The maximum Gasteiger partial charge on any atom is 0.326 e. The molecule has 0 aliphatic rings. The predicted octanol–water partition coefficient (Wildman–Crippen LogP) is 2.43. The highest BCUT2D eigenvalue weighted by atomic mass is 19.1. The molecule has 0 saturated heterocycles.